The first-order valence-electron chi connectivity index (χ1n) is 2.98. The van der Waals surface area contributed by atoms with Crippen LogP contribution in [0.3, 0.4) is 0 Å². The highest BCUT2D eigenvalue weighted by Gasteiger charge is 2.13. The van der Waals surface area contributed by atoms with Gasteiger partial charge in [0, 0.05) is 12.3 Å². The van der Waals surface area contributed by atoms with Crippen molar-refractivity contribution in [3.8, 4) is 0 Å². The van der Waals surface area contributed by atoms with Crippen LogP contribution in [0.2, 0.25) is 10.0 Å². The van der Waals surface area contributed by atoms with Crippen molar-refractivity contribution in [3.63, 3.8) is 0 Å². The summed E-state index contributed by atoms with van der Waals surface area (Å²) < 4.78 is 22.1. The molecular formula is C7H5Cl2O2S. The SMILES string of the molecule is CS(=O)(=O)c1[c]ccc(Cl)c1Cl. The highest BCUT2D eigenvalue weighted by Crippen LogP contribution is 2.28. The van der Waals surface area contributed by atoms with Crippen molar-refractivity contribution in [2.45, 2.75) is 4.90 Å². The smallest absolute Gasteiger partial charge is 0.177 e. The van der Waals surface area contributed by atoms with Crippen molar-refractivity contribution in [1.29, 1.82) is 0 Å². The van der Waals surface area contributed by atoms with Crippen molar-refractivity contribution in [2.24, 2.45) is 0 Å². The summed E-state index contributed by atoms with van der Waals surface area (Å²) in [6, 6.07) is 5.42. The Balaban J connectivity index is 3.47. The van der Waals surface area contributed by atoms with E-state index in [-0.39, 0.29) is 14.9 Å². The summed E-state index contributed by atoms with van der Waals surface area (Å²) in [6.07, 6.45) is 1.06. The first-order valence-corrected chi connectivity index (χ1v) is 5.63. The largest absolute Gasteiger partial charge is 0.224 e. The molecule has 65 valence electrons. The van der Waals surface area contributed by atoms with Crippen molar-refractivity contribution < 1.29 is 8.42 Å². The first-order chi connectivity index (χ1) is 5.43. The molecule has 0 unspecified atom stereocenters. The average molecular weight is 224 g/mol. The van der Waals surface area contributed by atoms with E-state index in [1.807, 2.05) is 0 Å². The van der Waals surface area contributed by atoms with Gasteiger partial charge in [-0.3, -0.25) is 0 Å². The van der Waals surface area contributed by atoms with Gasteiger partial charge in [-0.15, -0.1) is 0 Å². The molecule has 0 aliphatic carbocycles. The summed E-state index contributed by atoms with van der Waals surface area (Å²) in [5, 5.41) is 0.248. The van der Waals surface area contributed by atoms with E-state index in [0.29, 0.717) is 0 Å². The van der Waals surface area contributed by atoms with Gasteiger partial charge in [-0.05, 0) is 6.07 Å². The topological polar surface area (TPSA) is 34.1 Å². The molecule has 1 rings (SSSR count). The van der Waals surface area contributed by atoms with Crippen molar-refractivity contribution >= 4 is 33.0 Å². The van der Waals surface area contributed by atoms with E-state index in [2.05, 4.69) is 6.07 Å². The molecule has 2 nitrogen and oxygen atoms in total. The molecule has 0 spiro atoms. The Morgan fingerprint density at radius 3 is 2.42 bits per heavy atom. The molecule has 0 saturated heterocycles. The number of rotatable bonds is 1. The van der Waals surface area contributed by atoms with E-state index < -0.39 is 9.84 Å². The Morgan fingerprint density at radius 2 is 2.00 bits per heavy atom. The summed E-state index contributed by atoms with van der Waals surface area (Å²) in [5.74, 6) is 0. The maximum absolute atomic E-state index is 11.0. The number of benzene rings is 1. The lowest BCUT2D eigenvalue weighted by molar-refractivity contribution is 0.602. The molecule has 0 aliphatic rings. The van der Waals surface area contributed by atoms with Crippen LogP contribution in [0.4, 0.5) is 0 Å². The van der Waals surface area contributed by atoms with Gasteiger partial charge in [-0.2, -0.15) is 0 Å². The van der Waals surface area contributed by atoms with Gasteiger partial charge in [0.05, 0.1) is 14.9 Å². The third-order valence-corrected chi connectivity index (χ3v) is 3.20. The molecule has 0 saturated carbocycles. The molecule has 0 bridgehead atoms. The molecule has 1 aromatic rings. The van der Waals surface area contributed by atoms with Gasteiger partial charge in [-0.25, -0.2) is 8.42 Å². The van der Waals surface area contributed by atoms with Crippen LogP contribution in [0, 0.1) is 6.07 Å². The third kappa shape index (κ3) is 1.91. The average Bonchev–Trinajstić information content (AvgIpc) is 1.92. The Morgan fingerprint density at radius 1 is 1.42 bits per heavy atom. The minimum absolute atomic E-state index is 0.0293. The number of sulfone groups is 1. The Kier molecular flexibility index (Phi) is 2.66. The summed E-state index contributed by atoms with van der Waals surface area (Å²) in [5.41, 5.74) is 0. The monoisotopic (exact) mass is 223 g/mol. The number of halogens is 2. The summed E-state index contributed by atoms with van der Waals surface area (Å²) in [4.78, 5) is -0.0586. The highest BCUT2D eigenvalue weighted by molar-refractivity contribution is 7.90. The van der Waals surface area contributed by atoms with Crippen LogP contribution in [-0.2, 0) is 9.84 Å². The molecule has 0 aliphatic heterocycles. The second-order valence-electron chi connectivity index (χ2n) is 2.24. The first kappa shape index (κ1) is 9.84. The lowest BCUT2D eigenvalue weighted by Crippen LogP contribution is -1.98. The van der Waals surface area contributed by atoms with Gasteiger partial charge in [0.2, 0.25) is 0 Å². The Hall–Kier alpha value is -0.250. The van der Waals surface area contributed by atoms with Crippen LogP contribution in [0.15, 0.2) is 17.0 Å². The zero-order valence-electron chi connectivity index (χ0n) is 6.14. The predicted molar refractivity (Wildman–Crippen MR) is 48.4 cm³/mol. The van der Waals surface area contributed by atoms with Crippen LogP contribution in [0.1, 0.15) is 0 Å². The highest BCUT2D eigenvalue weighted by atomic mass is 35.5. The van der Waals surface area contributed by atoms with Crippen LogP contribution in [0.5, 0.6) is 0 Å². The molecule has 0 heterocycles. The van der Waals surface area contributed by atoms with Crippen LogP contribution in [0.25, 0.3) is 0 Å². The van der Waals surface area contributed by atoms with Gasteiger partial charge in [0.15, 0.2) is 9.84 Å². The van der Waals surface area contributed by atoms with Crippen molar-refractivity contribution in [1.82, 2.24) is 0 Å². The van der Waals surface area contributed by atoms with E-state index in [4.69, 9.17) is 23.2 Å². The second kappa shape index (κ2) is 3.24. The van der Waals surface area contributed by atoms with Gasteiger partial charge in [-0.1, -0.05) is 29.3 Å². The zero-order valence-corrected chi connectivity index (χ0v) is 8.46. The summed E-state index contributed by atoms with van der Waals surface area (Å²) >= 11 is 11.2. The molecule has 0 aromatic heterocycles. The molecule has 0 atom stereocenters. The normalized spacial score (nSPS) is 11.6. The van der Waals surface area contributed by atoms with Crippen LogP contribution in [-0.4, -0.2) is 14.7 Å². The predicted octanol–water partition coefficient (Wildman–Crippen LogP) is 2.20. The van der Waals surface area contributed by atoms with Crippen LogP contribution >= 0.6 is 23.2 Å². The fourth-order valence-corrected chi connectivity index (χ4v) is 2.17. The summed E-state index contributed by atoms with van der Waals surface area (Å²) in [6.45, 7) is 0. The quantitative estimate of drug-likeness (QED) is 0.732. The fraction of sp³-hybridized carbons (Fsp3) is 0.143. The van der Waals surface area contributed by atoms with E-state index in [9.17, 15) is 8.42 Å². The second-order valence-corrected chi connectivity index (χ2v) is 4.98. The van der Waals surface area contributed by atoms with E-state index >= 15 is 0 Å². The minimum Gasteiger partial charge on any atom is -0.224 e. The van der Waals surface area contributed by atoms with Gasteiger partial charge >= 0.3 is 0 Å². The van der Waals surface area contributed by atoms with Gasteiger partial charge in [0.1, 0.15) is 0 Å². The Bertz CT molecular complexity index is 398. The molecule has 1 aromatic carbocycles. The number of hydrogen-bond donors (Lipinski definition) is 0. The van der Waals surface area contributed by atoms with Gasteiger partial charge < -0.3 is 0 Å². The fourth-order valence-electron chi connectivity index (χ4n) is 0.705. The lowest BCUT2D eigenvalue weighted by atomic mass is 10.4. The summed E-state index contributed by atoms with van der Waals surface area (Å²) in [7, 11) is -3.33. The minimum atomic E-state index is -3.33. The third-order valence-electron chi connectivity index (χ3n) is 1.22. The standard InChI is InChI=1S/C7H5Cl2O2S/c1-12(10,11)6-4-2-3-5(8)7(6)9/h2-3H,1H3. The maximum Gasteiger partial charge on any atom is 0.177 e. The van der Waals surface area contributed by atoms with E-state index in [1.54, 1.807) is 0 Å². The van der Waals surface area contributed by atoms with E-state index in [0.717, 1.165) is 6.26 Å². The lowest BCUT2D eigenvalue weighted by Gasteiger charge is -2.01. The molecule has 0 amide bonds. The molecule has 12 heavy (non-hydrogen) atoms. The zero-order chi connectivity index (χ0) is 9.35. The molecular weight excluding hydrogens is 219 g/mol. The van der Waals surface area contributed by atoms with E-state index in [1.165, 1.54) is 12.1 Å². The number of hydrogen-bond acceptors (Lipinski definition) is 2. The molecule has 1 radical (unpaired) electrons. The maximum atomic E-state index is 11.0. The molecule has 5 heteroatoms. The van der Waals surface area contributed by atoms with Crippen molar-refractivity contribution in [3.05, 3.63) is 28.2 Å². The molecule has 0 N–H and O–H groups in total. The molecule has 0 fully saturated rings. The van der Waals surface area contributed by atoms with Crippen LogP contribution < -0.4 is 0 Å². The Labute approximate surface area is 81.0 Å². The van der Waals surface area contributed by atoms with Crippen molar-refractivity contribution in [2.75, 3.05) is 6.26 Å². The van der Waals surface area contributed by atoms with Gasteiger partial charge in [0.25, 0.3) is 0 Å².